The lowest BCUT2D eigenvalue weighted by Gasteiger charge is -2.12. The van der Waals surface area contributed by atoms with Crippen molar-refractivity contribution in [3.8, 4) is 0 Å². The second kappa shape index (κ2) is 10.2. The highest BCUT2D eigenvalue weighted by Crippen LogP contribution is 2.19. The zero-order chi connectivity index (χ0) is 20.6. The monoisotopic (exact) mass is 397 g/mol. The van der Waals surface area contributed by atoms with Gasteiger partial charge in [0.1, 0.15) is 0 Å². The number of pyridine rings is 1. The van der Waals surface area contributed by atoms with Crippen LogP contribution in [0.25, 0.3) is 5.52 Å². The van der Waals surface area contributed by atoms with E-state index in [0.29, 0.717) is 18.6 Å². The molecule has 0 bridgehead atoms. The van der Waals surface area contributed by atoms with E-state index in [1.807, 2.05) is 32.3 Å². The molecule has 0 radical (unpaired) electrons. The molecular weight excluding hydrogens is 366 g/mol. The summed E-state index contributed by atoms with van der Waals surface area (Å²) in [4.78, 5) is 31.8. The van der Waals surface area contributed by atoms with E-state index in [4.69, 9.17) is 0 Å². The number of imidazole rings is 1. The first-order valence-electron chi connectivity index (χ1n) is 10.4. The summed E-state index contributed by atoms with van der Waals surface area (Å²) in [5.74, 6) is -0.259. The van der Waals surface area contributed by atoms with E-state index in [9.17, 15) is 9.59 Å². The fourth-order valence-corrected chi connectivity index (χ4v) is 3.59. The SMILES string of the molecule is CN(C)CCCNC(=O)c1nc(C(=O)NCCC2=CCCCC2)n2ccccc12. The van der Waals surface area contributed by atoms with Crippen molar-refractivity contribution in [3.63, 3.8) is 0 Å². The molecule has 0 unspecified atom stereocenters. The Hall–Kier alpha value is -2.67. The third-order valence-electron chi connectivity index (χ3n) is 5.15. The average molecular weight is 398 g/mol. The maximum absolute atomic E-state index is 12.7. The predicted octanol–water partition coefficient (Wildman–Crippen LogP) is 2.64. The van der Waals surface area contributed by atoms with Gasteiger partial charge in [0, 0.05) is 19.3 Å². The van der Waals surface area contributed by atoms with Gasteiger partial charge in [0.2, 0.25) is 5.82 Å². The normalized spacial score (nSPS) is 14.1. The molecule has 7 heteroatoms. The largest absolute Gasteiger partial charge is 0.351 e. The number of aromatic nitrogens is 2. The summed E-state index contributed by atoms with van der Waals surface area (Å²) in [6.07, 6.45) is 10.5. The third kappa shape index (κ3) is 5.67. The van der Waals surface area contributed by atoms with Crippen LogP contribution in [0.1, 0.15) is 59.6 Å². The number of nitrogens with zero attached hydrogens (tertiary/aromatic N) is 3. The Morgan fingerprint density at radius 3 is 2.72 bits per heavy atom. The Balaban J connectivity index is 1.65. The Labute approximate surface area is 172 Å². The minimum absolute atomic E-state index is 0.247. The molecule has 3 rings (SSSR count). The lowest BCUT2D eigenvalue weighted by atomic mass is 9.97. The Bertz CT molecular complexity index is 884. The van der Waals surface area contributed by atoms with Crippen molar-refractivity contribution in [1.82, 2.24) is 24.9 Å². The lowest BCUT2D eigenvalue weighted by Crippen LogP contribution is -2.28. The fraction of sp³-hybridized carbons (Fsp3) is 0.500. The van der Waals surface area contributed by atoms with Gasteiger partial charge in [0.25, 0.3) is 11.8 Å². The van der Waals surface area contributed by atoms with Crippen LogP contribution < -0.4 is 10.6 Å². The van der Waals surface area contributed by atoms with Crippen molar-refractivity contribution >= 4 is 17.3 Å². The summed E-state index contributed by atoms with van der Waals surface area (Å²) in [5, 5.41) is 5.86. The van der Waals surface area contributed by atoms with Gasteiger partial charge in [-0.3, -0.25) is 14.0 Å². The van der Waals surface area contributed by atoms with Crippen LogP contribution in [-0.4, -0.2) is 59.8 Å². The highest BCUT2D eigenvalue weighted by Gasteiger charge is 2.21. The minimum atomic E-state index is -0.255. The van der Waals surface area contributed by atoms with Gasteiger partial charge < -0.3 is 15.5 Å². The number of hydrogen-bond acceptors (Lipinski definition) is 4. The van der Waals surface area contributed by atoms with Crippen LogP contribution in [-0.2, 0) is 0 Å². The highest BCUT2D eigenvalue weighted by atomic mass is 16.2. The molecule has 156 valence electrons. The Morgan fingerprint density at radius 2 is 1.97 bits per heavy atom. The predicted molar refractivity (Wildman–Crippen MR) is 114 cm³/mol. The first-order chi connectivity index (χ1) is 14.1. The first-order valence-corrected chi connectivity index (χ1v) is 10.4. The van der Waals surface area contributed by atoms with Crippen molar-refractivity contribution in [2.45, 2.75) is 38.5 Å². The van der Waals surface area contributed by atoms with E-state index < -0.39 is 0 Å². The summed E-state index contributed by atoms with van der Waals surface area (Å²) in [6.45, 7) is 2.05. The summed E-state index contributed by atoms with van der Waals surface area (Å²) < 4.78 is 1.68. The molecule has 0 saturated carbocycles. The highest BCUT2D eigenvalue weighted by molar-refractivity contribution is 6.02. The number of carbonyl (C=O) groups is 2. The smallest absolute Gasteiger partial charge is 0.287 e. The molecule has 1 aliphatic rings. The summed E-state index contributed by atoms with van der Waals surface area (Å²) in [6, 6.07) is 5.49. The summed E-state index contributed by atoms with van der Waals surface area (Å²) >= 11 is 0. The van der Waals surface area contributed by atoms with E-state index in [1.165, 1.54) is 18.4 Å². The van der Waals surface area contributed by atoms with E-state index in [-0.39, 0.29) is 23.3 Å². The van der Waals surface area contributed by atoms with Gasteiger partial charge >= 0.3 is 0 Å². The number of allylic oxidation sites excluding steroid dienone is 1. The van der Waals surface area contributed by atoms with Gasteiger partial charge in [0.15, 0.2) is 5.69 Å². The number of fused-ring (bicyclic) bond motifs is 1. The molecule has 0 fully saturated rings. The molecule has 0 aromatic carbocycles. The Kier molecular flexibility index (Phi) is 7.41. The van der Waals surface area contributed by atoms with Crippen molar-refractivity contribution in [2.75, 3.05) is 33.7 Å². The van der Waals surface area contributed by atoms with E-state index in [0.717, 1.165) is 32.2 Å². The van der Waals surface area contributed by atoms with E-state index in [1.54, 1.807) is 10.6 Å². The summed E-state index contributed by atoms with van der Waals surface area (Å²) in [5.41, 5.74) is 2.34. The van der Waals surface area contributed by atoms with Gasteiger partial charge in [0.05, 0.1) is 5.52 Å². The minimum Gasteiger partial charge on any atom is -0.351 e. The molecule has 0 aliphatic heterocycles. The maximum Gasteiger partial charge on any atom is 0.287 e. The van der Waals surface area contributed by atoms with Crippen LogP contribution in [0.2, 0.25) is 0 Å². The number of amides is 2. The molecule has 29 heavy (non-hydrogen) atoms. The zero-order valence-corrected chi connectivity index (χ0v) is 17.4. The fourth-order valence-electron chi connectivity index (χ4n) is 3.59. The van der Waals surface area contributed by atoms with Crippen LogP contribution in [0.4, 0.5) is 0 Å². The second-order valence-corrected chi connectivity index (χ2v) is 7.77. The van der Waals surface area contributed by atoms with Crippen LogP contribution in [0.3, 0.4) is 0 Å². The average Bonchev–Trinajstić information content (AvgIpc) is 3.11. The molecule has 7 nitrogen and oxygen atoms in total. The molecular formula is C22H31N5O2. The first kappa shape index (κ1) is 21.0. The van der Waals surface area contributed by atoms with Crippen molar-refractivity contribution in [3.05, 3.63) is 47.6 Å². The molecule has 2 aromatic heterocycles. The Morgan fingerprint density at radius 1 is 1.14 bits per heavy atom. The number of hydrogen-bond donors (Lipinski definition) is 2. The topological polar surface area (TPSA) is 78.7 Å². The number of rotatable bonds is 9. The van der Waals surface area contributed by atoms with Crippen LogP contribution in [0.15, 0.2) is 36.0 Å². The lowest BCUT2D eigenvalue weighted by molar-refractivity contribution is 0.0943. The molecule has 0 spiro atoms. The van der Waals surface area contributed by atoms with Gasteiger partial charge in [-0.05, 0) is 71.3 Å². The van der Waals surface area contributed by atoms with Crippen molar-refractivity contribution in [1.29, 1.82) is 0 Å². The van der Waals surface area contributed by atoms with Gasteiger partial charge in [-0.15, -0.1) is 0 Å². The van der Waals surface area contributed by atoms with Crippen LogP contribution in [0, 0.1) is 0 Å². The molecule has 1 aliphatic carbocycles. The standard InChI is InChI=1S/C22H31N5O2/c1-26(2)15-8-13-23-21(28)19-18-11-6-7-16-27(18)20(25-19)22(29)24-14-12-17-9-4-3-5-10-17/h6-7,9,11,16H,3-5,8,10,12-15H2,1-2H3,(H,23,28)(H,24,29). The molecule has 2 N–H and O–H groups in total. The quantitative estimate of drug-likeness (QED) is 0.504. The van der Waals surface area contributed by atoms with Gasteiger partial charge in [-0.2, -0.15) is 0 Å². The zero-order valence-electron chi connectivity index (χ0n) is 17.4. The van der Waals surface area contributed by atoms with Gasteiger partial charge in [-0.1, -0.05) is 17.7 Å². The maximum atomic E-state index is 12.7. The van der Waals surface area contributed by atoms with Crippen LogP contribution >= 0.6 is 0 Å². The van der Waals surface area contributed by atoms with E-state index >= 15 is 0 Å². The molecule has 0 saturated heterocycles. The third-order valence-corrected chi connectivity index (χ3v) is 5.15. The molecule has 2 heterocycles. The molecule has 0 atom stereocenters. The number of nitrogens with one attached hydrogen (secondary N) is 2. The molecule has 2 amide bonds. The van der Waals surface area contributed by atoms with Gasteiger partial charge in [-0.25, -0.2) is 4.98 Å². The van der Waals surface area contributed by atoms with E-state index in [2.05, 4.69) is 26.6 Å². The summed E-state index contributed by atoms with van der Waals surface area (Å²) in [7, 11) is 4.00. The molecule has 2 aromatic rings. The van der Waals surface area contributed by atoms with Crippen molar-refractivity contribution in [2.24, 2.45) is 0 Å². The number of carbonyl (C=O) groups excluding carboxylic acids is 2. The van der Waals surface area contributed by atoms with Crippen LogP contribution in [0.5, 0.6) is 0 Å². The van der Waals surface area contributed by atoms with Crippen molar-refractivity contribution < 1.29 is 9.59 Å². The second-order valence-electron chi connectivity index (χ2n) is 7.77.